The number of hydrogen-bond donors (Lipinski definition) is 3. The highest BCUT2D eigenvalue weighted by atomic mass is 32.2. The summed E-state index contributed by atoms with van der Waals surface area (Å²) in [7, 11) is -4.02. The van der Waals surface area contributed by atoms with E-state index in [2.05, 4.69) is 33.5 Å². The summed E-state index contributed by atoms with van der Waals surface area (Å²) in [5.41, 5.74) is 2.98. The topological polar surface area (TPSA) is 121 Å². The number of nitrogens with one attached hydrogen (secondary N) is 2. The number of piperidine rings is 1. The molecule has 2 fully saturated rings. The predicted molar refractivity (Wildman–Crippen MR) is 134 cm³/mol. The molecule has 2 aromatic carbocycles. The number of carbonyl (C=O) groups is 2. The van der Waals surface area contributed by atoms with Gasteiger partial charge in [-0.1, -0.05) is 23.8 Å². The first-order chi connectivity index (χ1) is 16.7. The number of benzene rings is 2. The average Bonchev–Trinajstić information content (AvgIpc) is 3.23. The van der Waals surface area contributed by atoms with Crippen LogP contribution >= 0.6 is 0 Å². The van der Waals surface area contributed by atoms with Crippen LogP contribution in [0.25, 0.3) is 10.9 Å². The second kappa shape index (κ2) is 10.6. The highest BCUT2D eigenvalue weighted by Gasteiger charge is 2.26. The highest BCUT2D eigenvalue weighted by molar-refractivity contribution is 7.85. The zero-order valence-electron chi connectivity index (χ0n) is 19.6. The molecule has 0 spiro atoms. The summed E-state index contributed by atoms with van der Waals surface area (Å²) in [5.74, 6) is 0.494. The van der Waals surface area contributed by atoms with Crippen LogP contribution in [0.15, 0.2) is 59.6 Å². The van der Waals surface area contributed by atoms with Crippen LogP contribution in [0.3, 0.4) is 0 Å². The zero-order valence-corrected chi connectivity index (χ0v) is 20.4. The summed E-state index contributed by atoms with van der Waals surface area (Å²) < 4.78 is 31.8. The van der Waals surface area contributed by atoms with Gasteiger partial charge >= 0.3 is 6.03 Å². The van der Waals surface area contributed by atoms with Crippen LogP contribution < -0.4 is 15.5 Å². The first-order valence-electron chi connectivity index (χ1n) is 11.7. The van der Waals surface area contributed by atoms with Gasteiger partial charge in [-0.05, 0) is 69.1 Å². The lowest BCUT2D eigenvalue weighted by Crippen LogP contribution is -2.49. The maximum atomic E-state index is 12.2. The van der Waals surface area contributed by atoms with Gasteiger partial charge in [0.25, 0.3) is 10.1 Å². The third kappa shape index (κ3) is 6.08. The SMILES string of the molecule is Cc1ccc(S(=O)(=O)O)cc1.O=C1CCN(c2cccc3c2ccn3CC2CCNCC2)C(=O)N1. The third-order valence-corrected chi connectivity index (χ3v) is 7.24. The number of aryl methyl sites for hydroxylation is 1. The molecule has 3 N–H and O–H groups in total. The van der Waals surface area contributed by atoms with Gasteiger partial charge in [0, 0.05) is 31.1 Å². The summed E-state index contributed by atoms with van der Waals surface area (Å²) >= 11 is 0. The van der Waals surface area contributed by atoms with Crippen LogP contribution in [-0.2, 0) is 21.5 Å². The largest absolute Gasteiger partial charge is 0.347 e. The Hall–Kier alpha value is -3.21. The van der Waals surface area contributed by atoms with Crippen molar-refractivity contribution in [3.05, 3.63) is 60.3 Å². The number of imide groups is 1. The maximum Gasteiger partial charge on any atom is 0.328 e. The van der Waals surface area contributed by atoms with Gasteiger partial charge in [0.1, 0.15) is 0 Å². The van der Waals surface area contributed by atoms with E-state index in [9.17, 15) is 18.0 Å². The standard InChI is InChI=1S/C18H22N4O2.C7H8O3S/c23-17-7-11-22(18(24)20-17)16-3-1-2-15-14(16)6-10-21(15)12-13-4-8-19-9-5-13;1-6-2-4-7(5-3-6)11(8,9)10/h1-3,6,10,13,19H,4-5,7-9,11-12H2,(H,20,23,24);2-5H,1H3,(H,8,9,10). The van der Waals surface area contributed by atoms with E-state index >= 15 is 0 Å². The minimum absolute atomic E-state index is 0.0666. The molecular weight excluding hydrogens is 468 g/mol. The molecule has 10 heteroatoms. The molecule has 3 heterocycles. The summed E-state index contributed by atoms with van der Waals surface area (Å²) in [6, 6.07) is 13.8. The molecule has 0 bridgehead atoms. The number of nitrogens with zero attached hydrogens (tertiary/aromatic N) is 2. The summed E-state index contributed by atoms with van der Waals surface area (Å²) in [6.07, 6.45) is 4.87. The minimum atomic E-state index is -4.02. The van der Waals surface area contributed by atoms with Gasteiger partial charge in [0.05, 0.1) is 16.1 Å². The van der Waals surface area contributed by atoms with Crippen molar-refractivity contribution in [1.29, 1.82) is 0 Å². The fourth-order valence-corrected chi connectivity index (χ4v) is 4.93. The van der Waals surface area contributed by atoms with E-state index in [0.29, 0.717) is 18.9 Å². The van der Waals surface area contributed by atoms with Gasteiger partial charge < -0.3 is 9.88 Å². The van der Waals surface area contributed by atoms with E-state index in [4.69, 9.17) is 4.55 Å². The number of rotatable bonds is 4. The Morgan fingerprint density at radius 2 is 1.74 bits per heavy atom. The number of urea groups is 1. The summed E-state index contributed by atoms with van der Waals surface area (Å²) in [6.45, 7) is 5.48. The quantitative estimate of drug-likeness (QED) is 0.475. The van der Waals surface area contributed by atoms with Crippen molar-refractivity contribution in [3.63, 3.8) is 0 Å². The molecule has 3 amide bonds. The number of fused-ring (bicyclic) bond motifs is 1. The zero-order chi connectivity index (χ0) is 25.0. The lowest BCUT2D eigenvalue weighted by Gasteiger charge is -2.27. The molecule has 9 nitrogen and oxygen atoms in total. The average molecular weight is 499 g/mol. The fraction of sp³-hybridized carbons (Fsp3) is 0.360. The Bertz CT molecular complexity index is 1310. The Kier molecular flexibility index (Phi) is 7.54. The van der Waals surface area contributed by atoms with Crippen LogP contribution in [-0.4, -0.2) is 49.1 Å². The van der Waals surface area contributed by atoms with Gasteiger partial charge in [-0.3, -0.25) is 19.6 Å². The number of anilines is 1. The number of carbonyl (C=O) groups excluding carboxylic acids is 2. The second-order valence-corrected chi connectivity index (χ2v) is 10.3. The predicted octanol–water partition coefficient (Wildman–Crippen LogP) is 3.33. The molecule has 0 saturated carbocycles. The summed E-state index contributed by atoms with van der Waals surface area (Å²) in [4.78, 5) is 25.1. The molecule has 186 valence electrons. The molecule has 35 heavy (non-hydrogen) atoms. The monoisotopic (exact) mass is 498 g/mol. The summed E-state index contributed by atoms with van der Waals surface area (Å²) in [5, 5.41) is 6.87. The van der Waals surface area contributed by atoms with Gasteiger partial charge in [-0.2, -0.15) is 8.42 Å². The number of amides is 3. The highest BCUT2D eigenvalue weighted by Crippen LogP contribution is 2.30. The maximum absolute atomic E-state index is 12.2. The van der Waals surface area contributed by atoms with Crippen LogP contribution in [0.4, 0.5) is 10.5 Å². The molecule has 1 aromatic heterocycles. The fourth-order valence-electron chi connectivity index (χ4n) is 4.45. The van der Waals surface area contributed by atoms with Gasteiger partial charge in [-0.15, -0.1) is 0 Å². The molecule has 2 saturated heterocycles. The van der Waals surface area contributed by atoms with Crippen molar-refractivity contribution in [3.8, 4) is 0 Å². The molecular formula is C25H30N4O5S. The molecule has 3 aromatic rings. The Morgan fingerprint density at radius 1 is 1.03 bits per heavy atom. The smallest absolute Gasteiger partial charge is 0.328 e. The first-order valence-corrected chi connectivity index (χ1v) is 13.1. The van der Waals surface area contributed by atoms with Crippen LogP contribution in [0.2, 0.25) is 0 Å². The van der Waals surface area contributed by atoms with E-state index in [-0.39, 0.29) is 16.8 Å². The van der Waals surface area contributed by atoms with Crippen molar-refractivity contribution in [2.45, 2.75) is 37.6 Å². The molecule has 0 radical (unpaired) electrons. The Labute approximate surface area is 204 Å². The number of aromatic nitrogens is 1. The van der Waals surface area contributed by atoms with Gasteiger partial charge in [0.15, 0.2) is 0 Å². The minimum Gasteiger partial charge on any atom is -0.347 e. The van der Waals surface area contributed by atoms with E-state index < -0.39 is 10.1 Å². The van der Waals surface area contributed by atoms with Gasteiger partial charge in [0.2, 0.25) is 5.91 Å². The number of hydrogen-bond acceptors (Lipinski definition) is 5. The molecule has 0 unspecified atom stereocenters. The first kappa shape index (κ1) is 24.9. The molecule has 5 rings (SSSR count). The lowest BCUT2D eigenvalue weighted by molar-refractivity contribution is -0.120. The molecule has 0 aliphatic carbocycles. The lowest BCUT2D eigenvalue weighted by atomic mass is 9.98. The van der Waals surface area contributed by atoms with E-state index in [1.54, 1.807) is 17.0 Å². The van der Waals surface area contributed by atoms with Crippen LogP contribution in [0.1, 0.15) is 24.8 Å². The molecule has 2 aliphatic heterocycles. The van der Waals surface area contributed by atoms with Crippen LogP contribution in [0, 0.1) is 12.8 Å². The Morgan fingerprint density at radius 3 is 2.40 bits per heavy atom. The normalized spacial score (nSPS) is 17.1. The molecule has 2 aliphatic rings. The van der Waals surface area contributed by atoms with E-state index in [1.807, 2.05) is 19.1 Å². The van der Waals surface area contributed by atoms with Crippen molar-refractivity contribution in [2.24, 2.45) is 5.92 Å². The van der Waals surface area contributed by atoms with Crippen molar-refractivity contribution >= 4 is 38.6 Å². The van der Waals surface area contributed by atoms with E-state index in [0.717, 1.165) is 41.8 Å². The van der Waals surface area contributed by atoms with Crippen LogP contribution in [0.5, 0.6) is 0 Å². The van der Waals surface area contributed by atoms with E-state index in [1.165, 1.54) is 25.0 Å². The van der Waals surface area contributed by atoms with Crippen molar-refractivity contribution in [1.82, 2.24) is 15.2 Å². The van der Waals surface area contributed by atoms with Crippen molar-refractivity contribution in [2.75, 3.05) is 24.5 Å². The Balaban J connectivity index is 0.000000221. The van der Waals surface area contributed by atoms with Crippen molar-refractivity contribution < 1.29 is 22.6 Å². The molecule has 0 atom stereocenters. The second-order valence-electron chi connectivity index (χ2n) is 8.91. The third-order valence-electron chi connectivity index (χ3n) is 6.37. The van der Waals surface area contributed by atoms with Gasteiger partial charge in [-0.25, -0.2) is 4.79 Å².